The Morgan fingerprint density at radius 2 is 2.33 bits per heavy atom. The maximum absolute atomic E-state index is 13.6. The van der Waals surface area contributed by atoms with Crippen molar-refractivity contribution < 1.29 is 18.7 Å². The van der Waals surface area contributed by atoms with Crippen LogP contribution in [0.4, 0.5) is 4.39 Å². The summed E-state index contributed by atoms with van der Waals surface area (Å²) in [6, 6.07) is 4.23. The molecule has 1 aromatic carbocycles. The van der Waals surface area contributed by atoms with Crippen LogP contribution in [0.25, 0.3) is 0 Å². The quantitative estimate of drug-likeness (QED) is 0.865. The summed E-state index contributed by atoms with van der Waals surface area (Å²) in [6.07, 6.45) is 0.243. The molecule has 0 spiro atoms. The van der Waals surface area contributed by atoms with Gasteiger partial charge in [0, 0.05) is 17.4 Å². The standard InChI is InChI=1S/C12H13BrFNO3/c1-17-12(16)10-5-8(6-15-10)18-11-3-2-7(13)4-9(11)14/h2-4,8,10,15H,5-6H2,1H3/t8-,10-/m0/s1. The first-order valence-corrected chi connectivity index (χ1v) is 6.32. The Bertz CT molecular complexity index is 455. The Kier molecular flexibility index (Phi) is 4.19. The molecule has 0 aliphatic carbocycles. The summed E-state index contributed by atoms with van der Waals surface area (Å²) in [5, 5.41) is 2.98. The van der Waals surface area contributed by atoms with E-state index in [1.54, 1.807) is 12.1 Å². The van der Waals surface area contributed by atoms with Crippen molar-refractivity contribution in [1.29, 1.82) is 0 Å². The van der Waals surface area contributed by atoms with Crippen molar-refractivity contribution in [2.45, 2.75) is 18.6 Å². The Balaban J connectivity index is 1.97. The van der Waals surface area contributed by atoms with Crippen molar-refractivity contribution in [3.63, 3.8) is 0 Å². The topological polar surface area (TPSA) is 47.6 Å². The lowest BCUT2D eigenvalue weighted by atomic mass is 10.2. The number of benzene rings is 1. The summed E-state index contributed by atoms with van der Waals surface area (Å²) in [5.74, 6) is -0.557. The molecule has 1 fully saturated rings. The van der Waals surface area contributed by atoms with E-state index in [0.29, 0.717) is 17.4 Å². The number of nitrogens with one attached hydrogen (secondary N) is 1. The lowest BCUT2D eigenvalue weighted by Gasteiger charge is -2.13. The summed E-state index contributed by atoms with van der Waals surface area (Å²) in [4.78, 5) is 11.3. The Labute approximate surface area is 113 Å². The smallest absolute Gasteiger partial charge is 0.323 e. The summed E-state index contributed by atoms with van der Waals surface area (Å²) in [6.45, 7) is 0.495. The number of carbonyl (C=O) groups excluding carboxylic acids is 1. The molecule has 0 aromatic heterocycles. The maximum Gasteiger partial charge on any atom is 0.323 e. The van der Waals surface area contributed by atoms with Gasteiger partial charge in [-0.05, 0) is 18.2 Å². The largest absolute Gasteiger partial charge is 0.486 e. The van der Waals surface area contributed by atoms with Gasteiger partial charge in [-0.15, -0.1) is 0 Å². The third-order valence-corrected chi connectivity index (χ3v) is 3.26. The van der Waals surface area contributed by atoms with Crippen molar-refractivity contribution >= 4 is 21.9 Å². The number of methoxy groups -OCH3 is 1. The second-order valence-corrected chi connectivity index (χ2v) is 4.95. The van der Waals surface area contributed by atoms with E-state index in [1.165, 1.54) is 13.2 Å². The average molecular weight is 318 g/mol. The number of halogens is 2. The fourth-order valence-electron chi connectivity index (χ4n) is 1.87. The van der Waals surface area contributed by atoms with Crippen LogP contribution < -0.4 is 10.1 Å². The number of hydrogen-bond donors (Lipinski definition) is 1. The summed E-state index contributed by atoms with van der Waals surface area (Å²) >= 11 is 3.18. The van der Waals surface area contributed by atoms with Crippen LogP contribution in [0.15, 0.2) is 22.7 Å². The highest BCUT2D eigenvalue weighted by Crippen LogP contribution is 2.24. The van der Waals surface area contributed by atoms with Gasteiger partial charge in [0.05, 0.1) is 7.11 Å². The lowest BCUT2D eigenvalue weighted by molar-refractivity contribution is -0.142. The van der Waals surface area contributed by atoms with Gasteiger partial charge >= 0.3 is 5.97 Å². The number of carbonyl (C=O) groups is 1. The van der Waals surface area contributed by atoms with Gasteiger partial charge in [0.25, 0.3) is 0 Å². The second kappa shape index (κ2) is 5.67. The molecule has 0 bridgehead atoms. The van der Waals surface area contributed by atoms with Gasteiger partial charge in [0.1, 0.15) is 12.1 Å². The van der Waals surface area contributed by atoms with E-state index in [9.17, 15) is 9.18 Å². The van der Waals surface area contributed by atoms with Crippen LogP contribution in [0.1, 0.15) is 6.42 Å². The van der Waals surface area contributed by atoms with E-state index < -0.39 is 5.82 Å². The molecule has 4 nitrogen and oxygen atoms in total. The van der Waals surface area contributed by atoms with E-state index in [1.807, 2.05) is 0 Å². The SMILES string of the molecule is COC(=O)[C@@H]1C[C@H](Oc2ccc(Br)cc2F)CN1. The van der Waals surface area contributed by atoms with E-state index in [0.717, 1.165) is 0 Å². The Hall–Kier alpha value is -1.14. The van der Waals surface area contributed by atoms with Crippen LogP contribution in [-0.4, -0.2) is 31.8 Å². The van der Waals surface area contributed by atoms with E-state index >= 15 is 0 Å². The van der Waals surface area contributed by atoms with Crippen molar-refractivity contribution in [3.8, 4) is 5.75 Å². The molecular formula is C12H13BrFNO3. The zero-order valence-electron chi connectivity index (χ0n) is 9.78. The molecular weight excluding hydrogens is 305 g/mol. The molecule has 2 atom stereocenters. The molecule has 1 heterocycles. The molecule has 0 radical (unpaired) electrons. The average Bonchev–Trinajstić information content (AvgIpc) is 2.80. The van der Waals surface area contributed by atoms with E-state index in [-0.39, 0.29) is 23.9 Å². The number of ether oxygens (including phenoxy) is 2. The van der Waals surface area contributed by atoms with Gasteiger partial charge < -0.3 is 14.8 Å². The van der Waals surface area contributed by atoms with Crippen LogP contribution in [-0.2, 0) is 9.53 Å². The van der Waals surface area contributed by atoms with Gasteiger partial charge in [-0.25, -0.2) is 4.39 Å². The predicted molar refractivity (Wildman–Crippen MR) is 66.9 cm³/mol. The minimum Gasteiger partial charge on any atom is -0.486 e. The van der Waals surface area contributed by atoms with Crippen LogP contribution in [0.5, 0.6) is 5.75 Å². The molecule has 98 valence electrons. The van der Waals surface area contributed by atoms with E-state index in [2.05, 4.69) is 26.0 Å². The molecule has 18 heavy (non-hydrogen) atoms. The molecule has 1 aliphatic heterocycles. The first kappa shape index (κ1) is 13.3. The first-order valence-electron chi connectivity index (χ1n) is 5.53. The summed E-state index contributed by atoms with van der Waals surface area (Å²) in [7, 11) is 1.34. The highest BCUT2D eigenvalue weighted by atomic mass is 79.9. The second-order valence-electron chi connectivity index (χ2n) is 4.03. The molecule has 0 amide bonds. The van der Waals surface area contributed by atoms with Crippen molar-refractivity contribution in [2.24, 2.45) is 0 Å². The molecule has 6 heteroatoms. The Morgan fingerprint density at radius 1 is 1.56 bits per heavy atom. The van der Waals surface area contributed by atoms with Crippen LogP contribution >= 0.6 is 15.9 Å². The molecule has 0 saturated carbocycles. The number of esters is 1. The highest BCUT2D eigenvalue weighted by molar-refractivity contribution is 9.10. The van der Waals surface area contributed by atoms with E-state index in [4.69, 9.17) is 4.74 Å². The fraction of sp³-hybridized carbons (Fsp3) is 0.417. The van der Waals surface area contributed by atoms with Gasteiger partial charge in [-0.3, -0.25) is 4.79 Å². The highest BCUT2D eigenvalue weighted by Gasteiger charge is 2.31. The van der Waals surface area contributed by atoms with Crippen molar-refractivity contribution in [3.05, 3.63) is 28.5 Å². The minimum atomic E-state index is -0.425. The molecule has 1 N–H and O–H groups in total. The van der Waals surface area contributed by atoms with Crippen LogP contribution in [0.3, 0.4) is 0 Å². The normalized spacial score (nSPS) is 22.8. The molecule has 1 aromatic rings. The van der Waals surface area contributed by atoms with Crippen molar-refractivity contribution in [2.75, 3.05) is 13.7 Å². The predicted octanol–water partition coefficient (Wildman–Crippen LogP) is 1.87. The zero-order valence-corrected chi connectivity index (χ0v) is 11.4. The first-order chi connectivity index (χ1) is 8.60. The van der Waals surface area contributed by atoms with Gasteiger partial charge in [0.15, 0.2) is 11.6 Å². The fourth-order valence-corrected chi connectivity index (χ4v) is 2.20. The molecule has 1 aliphatic rings. The zero-order chi connectivity index (χ0) is 13.1. The third-order valence-electron chi connectivity index (χ3n) is 2.76. The number of hydrogen-bond acceptors (Lipinski definition) is 4. The van der Waals surface area contributed by atoms with Gasteiger partial charge in [0.2, 0.25) is 0 Å². The van der Waals surface area contributed by atoms with Gasteiger partial charge in [-0.1, -0.05) is 15.9 Å². The molecule has 0 unspecified atom stereocenters. The molecule has 1 saturated heterocycles. The third kappa shape index (κ3) is 3.00. The van der Waals surface area contributed by atoms with Gasteiger partial charge in [-0.2, -0.15) is 0 Å². The van der Waals surface area contributed by atoms with Crippen molar-refractivity contribution in [1.82, 2.24) is 5.32 Å². The minimum absolute atomic E-state index is 0.190. The van der Waals surface area contributed by atoms with Crippen LogP contribution in [0.2, 0.25) is 0 Å². The lowest BCUT2D eigenvalue weighted by Crippen LogP contribution is -2.31. The number of rotatable bonds is 3. The maximum atomic E-state index is 13.6. The summed E-state index contributed by atoms with van der Waals surface area (Å²) < 4.78 is 24.4. The summed E-state index contributed by atoms with van der Waals surface area (Å²) in [5.41, 5.74) is 0. The van der Waals surface area contributed by atoms with Crippen LogP contribution in [0, 0.1) is 5.82 Å². The molecule has 2 rings (SSSR count). The Morgan fingerprint density at radius 3 is 3.00 bits per heavy atom. The monoisotopic (exact) mass is 317 g/mol.